The summed E-state index contributed by atoms with van der Waals surface area (Å²) in [7, 11) is 0. The Morgan fingerprint density at radius 2 is 1.60 bits per heavy atom. The maximum absolute atomic E-state index is 13.0. The zero-order valence-corrected chi connectivity index (χ0v) is 11.8. The van der Waals surface area contributed by atoms with Crippen molar-refractivity contribution in [1.29, 1.82) is 0 Å². The van der Waals surface area contributed by atoms with E-state index in [4.69, 9.17) is 0 Å². The average Bonchev–Trinajstić information content (AvgIpc) is 2.49. The maximum atomic E-state index is 13.0. The van der Waals surface area contributed by atoms with Crippen LogP contribution < -0.4 is 5.32 Å². The molecule has 2 aromatic carbocycles. The molecular weight excluding hydrogens is 249 g/mol. The smallest absolute Gasteiger partial charge is 0.123 e. The van der Waals surface area contributed by atoms with Gasteiger partial charge in [-0.05, 0) is 73.2 Å². The number of hydrogen-bond acceptors (Lipinski definition) is 1. The fourth-order valence-corrected chi connectivity index (χ4v) is 3.09. The van der Waals surface area contributed by atoms with Gasteiger partial charge in [-0.25, -0.2) is 4.39 Å². The Kier molecular flexibility index (Phi) is 3.83. The molecule has 2 heteroatoms. The van der Waals surface area contributed by atoms with Crippen molar-refractivity contribution in [3.8, 4) is 11.1 Å². The molecule has 0 aliphatic carbocycles. The van der Waals surface area contributed by atoms with Crippen LogP contribution in [0.2, 0.25) is 0 Å². The molecule has 0 atom stereocenters. The van der Waals surface area contributed by atoms with Crippen LogP contribution in [0.1, 0.15) is 29.9 Å². The van der Waals surface area contributed by atoms with Crippen molar-refractivity contribution in [3.05, 3.63) is 59.4 Å². The second-order valence-electron chi connectivity index (χ2n) is 5.60. The van der Waals surface area contributed by atoms with Gasteiger partial charge in [0.1, 0.15) is 5.82 Å². The number of nitrogens with one attached hydrogen (secondary N) is 1. The minimum atomic E-state index is -0.184. The highest BCUT2D eigenvalue weighted by Gasteiger charge is 2.17. The molecular formula is C18H20FN. The molecule has 1 aliphatic heterocycles. The Hall–Kier alpha value is -1.67. The molecule has 2 aromatic rings. The van der Waals surface area contributed by atoms with Gasteiger partial charge in [0, 0.05) is 0 Å². The van der Waals surface area contributed by atoms with Crippen molar-refractivity contribution < 1.29 is 4.39 Å². The molecule has 0 bridgehead atoms. The number of benzene rings is 2. The molecule has 1 heterocycles. The summed E-state index contributed by atoms with van der Waals surface area (Å²) in [6.07, 6.45) is 2.44. The molecule has 3 rings (SSSR count). The standard InChI is InChI=1S/C18H20FN/c1-13-12-16(14-2-5-17(19)6-3-14)4-7-18(13)15-8-10-20-11-9-15/h2-7,12,15,20H,8-11H2,1H3. The Labute approximate surface area is 119 Å². The monoisotopic (exact) mass is 269 g/mol. The van der Waals surface area contributed by atoms with Crippen LogP contribution in [-0.4, -0.2) is 13.1 Å². The Bertz CT molecular complexity index is 583. The van der Waals surface area contributed by atoms with Gasteiger partial charge in [-0.1, -0.05) is 30.3 Å². The molecule has 1 fully saturated rings. The number of piperidine rings is 1. The largest absolute Gasteiger partial charge is 0.317 e. The third-order valence-corrected chi connectivity index (χ3v) is 4.23. The molecule has 20 heavy (non-hydrogen) atoms. The molecule has 1 saturated heterocycles. The minimum absolute atomic E-state index is 0.184. The second-order valence-corrected chi connectivity index (χ2v) is 5.60. The molecule has 0 saturated carbocycles. The molecule has 0 aromatic heterocycles. The lowest BCUT2D eigenvalue weighted by Gasteiger charge is -2.24. The Morgan fingerprint density at radius 1 is 0.950 bits per heavy atom. The third-order valence-electron chi connectivity index (χ3n) is 4.23. The van der Waals surface area contributed by atoms with E-state index in [1.54, 1.807) is 0 Å². The maximum Gasteiger partial charge on any atom is 0.123 e. The van der Waals surface area contributed by atoms with Crippen molar-refractivity contribution in [1.82, 2.24) is 5.32 Å². The highest BCUT2D eigenvalue weighted by Crippen LogP contribution is 2.30. The predicted octanol–water partition coefficient (Wildman–Crippen LogP) is 4.27. The van der Waals surface area contributed by atoms with E-state index in [1.807, 2.05) is 12.1 Å². The van der Waals surface area contributed by atoms with Crippen LogP contribution in [0.5, 0.6) is 0 Å². The zero-order valence-electron chi connectivity index (χ0n) is 11.8. The van der Waals surface area contributed by atoms with Gasteiger partial charge >= 0.3 is 0 Å². The number of halogens is 1. The van der Waals surface area contributed by atoms with Crippen LogP contribution >= 0.6 is 0 Å². The van der Waals surface area contributed by atoms with Gasteiger partial charge in [0.15, 0.2) is 0 Å². The molecule has 1 aliphatic rings. The van der Waals surface area contributed by atoms with E-state index in [0.717, 1.165) is 18.7 Å². The summed E-state index contributed by atoms with van der Waals surface area (Å²) >= 11 is 0. The molecule has 1 N–H and O–H groups in total. The molecule has 0 radical (unpaired) electrons. The van der Waals surface area contributed by atoms with Crippen LogP contribution in [0.3, 0.4) is 0 Å². The summed E-state index contributed by atoms with van der Waals surface area (Å²) in [4.78, 5) is 0. The Morgan fingerprint density at radius 3 is 2.25 bits per heavy atom. The van der Waals surface area contributed by atoms with E-state index in [9.17, 15) is 4.39 Å². The average molecular weight is 269 g/mol. The van der Waals surface area contributed by atoms with Crippen LogP contribution in [0.4, 0.5) is 4.39 Å². The van der Waals surface area contributed by atoms with Crippen molar-refractivity contribution in [2.24, 2.45) is 0 Å². The first-order valence-electron chi connectivity index (χ1n) is 7.31. The quantitative estimate of drug-likeness (QED) is 0.858. The van der Waals surface area contributed by atoms with Crippen LogP contribution in [-0.2, 0) is 0 Å². The summed E-state index contributed by atoms with van der Waals surface area (Å²) in [5.41, 5.74) is 5.06. The lowest BCUT2D eigenvalue weighted by molar-refractivity contribution is 0.459. The summed E-state index contributed by atoms with van der Waals surface area (Å²) < 4.78 is 13.0. The van der Waals surface area contributed by atoms with Gasteiger partial charge < -0.3 is 5.32 Å². The lowest BCUT2D eigenvalue weighted by Crippen LogP contribution is -2.26. The van der Waals surface area contributed by atoms with Crippen molar-refractivity contribution in [3.63, 3.8) is 0 Å². The SMILES string of the molecule is Cc1cc(-c2ccc(F)cc2)ccc1C1CCNCC1. The Balaban J connectivity index is 1.88. The first-order valence-corrected chi connectivity index (χ1v) is 7.31. The van der Waals surface area contributed by atoms with Crippen molar-refractivity contribution in [2.45, 2.75) is 25.7 Å². The summed E-state index contributed by atoms with van der Waals surface area (Å²) in [6.45, 7) is 4.41. The molecule has 0 spiro atoms. The van der Waals surface area contributed by atoms with Gasteiger partial charge in [0.25, 0.3) is 0 Å². The van der Waals surface area contributed by atoms with Gasteiger partial charge in [-0.15, -0.1) is 0 Å². The second kappa shape index (κ2) is 5.76. The van der Waals surface area contributed by atoms with E-state index in [0.29, 0.717) is 5.92 Å². The van der Waals surface area contributed by atoms with E-state index in [2.05, 4.69) is 30.4 Å². The van der Waals surface area contributed by atoms with Crippen LogP contribution in [0.15, 0.2) is 42.5 Å². The highest BCUT2D eigenvalue weighted by molar-refractivity contribution is 5.65. The minimum Gasteiger partial charge on any atom is -0.317 e. The summed E-state index contributed by atoms with van der Waals surface area (Å²) in [5.74, 6) is 0.496. The van der Waals surface area contributed by atoms with Gasteiger partial charge in [0.2, 0.25) is 0 Å². The van der Waals surface area contributed by atoms with Crippen LogP contribution in [0, 0.1) is 12.7 Å². The summed E-state index contributed by atoms with van der Waals surface area (Å²) in [6, 6.07) is 13.4. The van der Waals surface area contributed by atoms with Gasteiger partial charge in [0.05, 0.1) is 0 Å². The first-order chi connectivity index (χ1) is 9.74. The molecule has 0 unspecified atom stereocenters. The fraction of sp³-hybridized carbons (Fsp3) is 0.333. The number of aryl methyl sites for hydroxylation is 1. The van der Waals surface area contributed by atoms with E-state index in [1.165, 1.54) is 41.7 Å². The predicted molar refractivity (Wildman–Crippen MR) is 81.4 cm³/mol. The summed E-state index contributed by atoms with van der Waals surface area (Å²) in [5, 5.41) is 3.41. The van der Waals surface area contributed by atoms with Gasteiger partial charge in [-0.2, -0.15) is 0 Å². The van der Waals surface area contributed by atoms with E-state index < -0.39 is 0 Å². The topological polar surface area (TPSA) is 12.0 Å². The fourth-order valence-electron chi connectivity index (χ4n) is 3.09. The number of rotatable bonds is 2. The molecule has 1 nitrogen and oxygen atoms in total. The normalized spacial score (nSPS) is 16.3. The first kappa shape index (κ1) is 13.3. The van der Waals surface area contributed by atoms with Crippen LogP contribution in [0.25, 0.3) is 11.1 Å². The van der Waals surface area contributed by atoms with E-state index >= 15 is 0 Å². The highest BCUT2D eigenvalue weighted by atomic mass is 19.1. The molecule has 104 valence electrons. The number of hydrogen-bond donors (Lipinski definition) is 1. The van der Waals surface area contributed by atoms with Crippen molar-refractivity contribution >= 4 is 0 Å². The third kappa shape index (κ3) is 2.75. The molecule has 0 amide bonds. The van der Waals surface area contributed by atoms with E-state index in [-0.39, 0.29) is 5.82 Å². The lowest BCUT2D eigenvalue weighted by atomic mass is 9.86. The van der Waals surface area contributed by atoms with Gasteiger partial charge in [-0.3, -0.25) is 0 Å². The zero-order chi connectivity index (χ0) is 13.9. The van der Waals surface area contributed by atoms with Crippen molar-refractivity contribution in [2.75, 3.05) is 13.1 Å².